The topological polar surface area (TPSA) is 84.7 Å². The van der Waals surface area contributed by atoms with Gasteiger partial charge in [0, 0.05) is 0 Å². The summed E-state index contributed by atoms with van der Waals surface area (Å²) < 4.78 is 4.27. The van der Waals surface area contributed by atoms with Gasteiger partial charge in [-0.05, 0) is 18.7 Å². The Balaban J connectivity index is 0. The summed E-state index contributed by atoms with van der Waals surface area (Å²) in [5.74, 6) is 0. The SMILES string of the molecule is CCOP(O)(O)=S.N. The average molecular weight is 159 g/mol. The highest BCUT2D eigenvalue weighted by Gasteiger charge is 2.03. The molecule has 52 valence electrons. The van der Waals surface area contributed by atoms with Gasteiger partial charge in [-0.2, -0.15) is 0 Å². The molecular formula is C2H10NO3PS. The minimum atomic E-state index is -3.33. The Morgan fingerprint density at radius 2 is 2.00 bits per heavy atom. The van der Waals surface area contributed by atoms with Gasteiger partial charge in [0.25, 0.3) is 0 Å². The summed E-state index contributed by atoms with van der Waals surface area (Å²) in [6.07, 6.45) is 0. The molecule has 0 amide bonds. The van der Waals surface area contributed by atoms with Crippen LogP contribution in [0.5, 0.6) is 0 Å². The molecule has 0 saturated heterocycles. The lowest BCUT2D eigenvalue weighted by atomic mass is 10.9. The second-order valence-electron chi connectivity index (χ2n) is 0.908. The van der Waals surface area contributed by atoms with Gasteiger partial charge in [-0.1, -0.05) is 0 Å². The fourth-order valence-corrected chi connectivity index (χ4v) is 0.821. The highest BCUT2D eigenvalue weighted by molar-refractivity contribution is 8.06. The maximum atomic E-state index is 8.28. The van der Waals surface area contributed by atoms with Crippen LogP contribution in [-0.4, -0.2) is 16.4 Å². The minimum Gasteiger partial charge on any atom is -0.344 e. The summed E-state index contributed by atoms with van der Waals surface area (Å²) in [7, 11) is 0. The minimum absolute atomic E-state index is 0. The second-order valence-corrected chi connectivity index (χ2v) is 3.57. The first-order valence-corrected chi connectivity index (χ1v) is 4.39. The quantitative estimate of drug-likeness (QED) is 0.507. The Kier molecular flexibility index (Phi) is 6.19. The Morgan fingerprint density at radius 1 is 1.62 bits per heavy atom. The Labute approximate surface area is 53.3 Å². The van der Waals surface area contributed by atoms with Crippen LogP contribution >= 0.6 is 6.72 Å². The molecule has 0 saturated carbocycles. The summed E-state index contributed by atoms with van der Waals surface area (Å²) >= 11 is 4.08. The zero-order valence-corrected chi connectivity index (χ0v) is 6.28. The molecule has 4 nitrogen and oxygen atoms in total. The van der Waals surface area contributed by atoms with E-state index < -0.39 is 6.72 Å². The van der Waals surface area contributed by atoms with Gasteiger partial charge in [-0.3, -0.25) is 0 Å². The smallest absolute Gasteiger partial charge is 0.321 e. The fourth-order valence-electron chi connectivity index (χ4n) is 0.168. The molecule has 0 heterocycles. The average Bonchev–Trinajstić information content (AvgIpc) is 1.30. The van der Waals surface area contributed by atoms with Crippen LogP contribution < -0.4 is 6.15 Å². The van der Waals surface area contributed by atoms with E-state index in [0.29, 0.717) is 0 Å². The zero-order valence-electron chi connectivity index (χ0n) is 4.57. The van der Waals surface area contributed by atoms with Gasteiger partial charge in [0.15, 0.2) is 0 Å². The van der Waals surface area contributed by atoms with E-state index >= 15 is 0 Å². The Hall–Kier alpha value is 0.490. The summed E-state index contributed by atoms with van der Waals surface area (Å²) in [5.41, 5.74) is 0. The van der Waals surface area contributed by atoms with Crippen molar-refractivity contribution in [2.45, 2.75) is 6.92 Å². The van der Waals surface area contributed by atoms with Gasteiger partial charge < -0.3 is 20.5 Å². The van der Waals surface area contributed by atoms with E-state index in [1.807, 2.05) is 0 Å². The summed E-state index contributed by atoms with van der Waals surface area (Å²) in [4.78, 5) is 16.6. The third-order valence-electron chi connectivity index (χ3n) is 0.297. The third kappa shape index (κ3) is 9.70. The molecule has 8 heavy (non-hydrogen) atoms. The molecule has 0 spiro atoms. The summed E-state index contributed by atoms with van der Waals surface area (Å²) in [5, 5.41) is 0. The summed E-state index contributed by atoms with van der Waals surface area (Å²) in [6, 6.07) is 0. The van der Waals surface area contributed by atoms with E-state index in [0.717, 1.165) is 0 Å². The predicted octanol–water partition coefficient (Wildman–Crippen LogP) is 0.394. The van der Waals surface area contributed by atoms with Crippen LogP contribution in [0.1, 0.15) is 6.92 Å². The van der Waals surface area contributed by atoms with E-state index in [1.165, 1.54) is 0 Å². The fraction of sp³-hybridized carbons (Fsp3) is 1.00. The molecule has 0 unspecified atom stereocenters. The standard InChI is InChI=1S/C2H7O3PS.H3N/c1-2-5-6(3,4)7;/h2H2,1H3,(H2,3,4,7);1H3. The number of hydrogen-bond acceptors (Lipinski definition) is 3. The van der Waals surface area contributed by atoms with Crippen molar-refractivity contribution in [2.75, 3.05) is 6.61 Å². The van der Waals surface area contributed by atoms with Crippen molar-refractivity contribution in [2.24, 2.45) is 0 Å². The molecule has 0 fully saturated rings. The largest absolute Gasteiger partial charge is 0.344 e. The monoisotopic (exact) mass is 159 g/mol. The van der Waals surface area contributed by atoms with Gasteiger partial charge in [-0.15, -0.1) is 0 Å². The van der Waals surface area contributed by atoms with Crippen molar-refractivity contribution in [1.29, 1.82) is 0 Å². The first-order valence-electron chi connectivity index (χ1n) is 1.76. The molecule has 0 aromatic rings. The highest BCUT2D eigenvalue weighted by atomic mass is 32.5. The van der Waals surface area contributed by atoms with Crippen molar-refractivity contribution in [3.63, 3.8) is 0 Å². The van der Waals surface area contributed by atoms with Crippen LogP contribution in [0.25, 0.3) is 0 Å². The molecule has 0 atom stereocenters. The molecular weight excluding hydrogens is 149 g/mol. The summed E-state index contributed by atoms with van der Waals surface area (Å²) in [6.45, 7) is -1.43. The molecule has 0 aromatic heterocycles. The number of hydrogen-bond donors (Lipinski definition) is 3. The van der Waals surface area contributed by atoms with Gasteiger partial charge >= 0.3 is 6.72 Å². The number of rotatable bonds is 2. The van der Waals surface area contributed by atoms with Crippen molar-refractivity contribution in [1.82, 2.24) is 6.15 Å². The Morgan fingerprint density at radius 3 is 2.00 bits per heavy atom. The normalized spacial score (nSPS) is 10.4. The molecule has 0 aliphatic rings. The van der Waals surface area contributed by atoms with Crippen LogP contribution in [0.15, 0.2) is 0 Å². The van der Waals surface area contributed by atoms with Gasteiger partial charge in [0.05, 0.1) is 6.61 Å². The predicted molar refractivity (Wildman–Crippen MR) is 35.4 cm³/mol. The van der Waals surface area contributed by atoms with Crippen LogP contribution in [0.4, 0.5) is 0 Å². The van der Waals surface area contributed by atoms with Crippen LogP contribution in [0.2, 0.25) is 0 Å². The van der Waals surface area contributed by atoms with Crippen LogP contribution in [0.3, 0.4) is 0 Å². The van der Waals surface area contributed by atoms with E-state index in [9.17, 15) is 0 Å². The maximum Gasteiger partial charge on any atom is 0.321 e. The lowest BCUT2D eigenvalue weighted by molar-refractivity contribution is 0.265. The molecule has 0 aliphatic carbocycles. The molecule has 0 rings (SSSR count). The molecule has 0 aromatic carbocycles. The van der Waals surface area contributed by atoms with Gasteiger partial charge in [0.1, 0.15) is 0 Å². The van der Waals surface area contributed by atoms with Crippen molar-refractivity contribution >= 4 is 18.5 Å². The van der Waals surface area contributed by atoms with Gasteiger partial charge in [0.2, 0.25) is 0 Å². The highest BCUT2D eigenvalue weighted by Crippen LogP contribution is 2.35. The molecule has 0 aliphatic heterocycles. The first kappa shape index (κ1) is 11.3. The molecule has 5 N–H and O–H groups in total. The lowest BCUT2D eigenvalue weighted by Crippen LogP contribution is -1.84. The van der Waals surface area contributed by atoms with Gasteiger partial charge in [-0.25, -0.2) is 0 Å². The van der Waals surface area contributed by atoms with E-state index in [2.05, 4.69) is 16.3 Å². The maximum absolute atomic E-state index is 8.28. The van der Waals surface area contributed by atoms with Crippen molar-refractivity contribution in [3.8, 4) is 0 Å². The zero-order chi connectivity index (χ0) is 5.91. The van der Waals surface area contributed by atoms with Crippen LogP contribution in [-0.2, 0) is 16.3 Å². The van der Waals surface area contributed by atoms with E-state index in [4.69, 9.17) is 9.79 Å². The van der Waals surface area contributed by atoms with Crippen molar-refractivity contribution < 1.29 is 14.3 Å². The third-order valence-corrected chi connectivity index (χ3v) is 1.21. The van der Waals surface area contributed by atoms with E-state index in [-0.39, 0.29) is 12.8 Å². The first-order chi connectivity index (χ1) is 3.06. The molecule has 6 heteroatoms. The van der Waals surface area contributed by atoms with Crippen LogP contribution in [0, 0.1) is 0 Å². The molecule has 0 radical (unpaired) electrons. The molecule has 0 bridgehead atoms. The Bertz CT molecular complexity index is 91.3. The lowest BCUT2D eigenvalue weighted by Gasteiger charge is -2.02. The van der Waals surface area contributed by atoms with Crippen molar-refractivity contribution in [3.05, 3.63) is 0 Å². The second kappa shape index (κ2) is 4.38. The van der Waals surface area contributed by atoms with E-state index in [1.54, 1.807) is 6.92 Å².